The summed E-state index contributed by atoms with van der Waals surface area (Å²) in [6.45, 7) is 13.6. The smallest absolute Gasteiger partial charge is 0.294 e. The summed E-state index contributed by atoms with van der Waals surface area (Å²) < 4.78 is 66.8. The van der Waals surface area contributed by atoms with Crippen LogP contribution in [0.3, 0.4) is 0 Å². The molecule has 0 atom stereocenters. The van der Waals surface area contributed by atoms with Crippen LogP contribution < -0.4 is 0 Å². The van der Waals surface area contributed by atoms with Crippen LogP contribution in [0.1, 0.15) is 83.6 Å². The van der Waals surface area contributed by atoms with E-state index < -0.39 is 36.5 Å². The Hall–Kier alpha value is -3.41. The highest BCUT2D eigenvalue weighted by Crippen LogP contribution is 2.39. The van der Waals surface area contributed by atoms with E-state index in [0.29, 0.717) is 28.3 Å². The summed E-state index contributed by atoms with van der Waals surface area (Å²) in [4.78, 5) is 14.7. The van der Waals surface area contributed by atoms with E-state index in [1.54, 1.807) is 53.7 Å². The average Bonchev–Trinajstić information content (AvgIpc) is 2.99. The van der Waals surface area contributed by atoms with Gasteiger partial charge in [0.25, 0.3) is 20.2 Å². The van der Waals surface area contributed by atoms with Crippen LogP contribution in [0.15, 0.2) is 94.7 Å². The molecule has 8 nitrogen and oxygen atoms in total. The molecule has 4 aromatic rings. The van der Waals surface area contributed by atoms with Crippen molar-refractivity contribution in [1.82, 2.24) is 4.90 Å². The van der Waals surface area contributed by atoms with Crippen LogP contribution in [0.2, 0.25) is 0 Å². The lowest BCUT2D eigenvalue weighted by atomic mass is 9.68. The lowest BCUT2D eigenvalue weighted by molar-refractivity contribution is -0.123. The van der Waals surface area contributed by atoms with Gasteiger partial charge in [0.05, 0.1) is 15.2 Å². The van der Waals surface area contributed by atoms with E-state index in [0.717, 1.165) is 24.1 Å². The summed E-state index contributed by atoms with van der Waals surface area (Å²) in [6.07, 6.45) is 1.33. The zero-order chi connectivity index (χ0) is 36.3. The van der Waals surface area contributed by atoms with Crippen LogP contribution in [0.5, 0.6) is 0 Å². The quantitative estimate of drug-likeness (QED) is 0.170. The third kappa shape index (κ3) is 8.98. The van der Waals surface area contributed by atoms with E-state index in [1.165, 1.54) is 12.1 Å². The SMILES string of the molecule is CC(C)(C)c1cc2cc(S(=O)(=O)O)c(C(C)(C)C)cc2cc1S(=O)(=O)O.CCC(=O)C(CCN(C)C)(c1ccccc1)c1ccccc1. The molecule has 4 aromatic carbocycles. The Morgan fingerprint density at radius 2 is 1.00 bits per heavy atom. The number of rotatable bonds is 9. The minimum absolute atomic E-state index is 0.211. The summed E-state index contributed by atoms with van der Waals surface area (Å²) >= 11 is 0. The predicted molar refractivity (Wildman–Crippen MR) is 193 cm³/mol. The molecule has 0 saturated heterocycles. The molecule has 0 aliphatic heterocycles. The van der Waals surface area contributed by atoms with E-state index in [9.17, 15) is 30.7 Å². The van der Waals surface area contributed by atoms with Crippen LogP contribution in [-0.2, 0) is 41.3 Å². The Bertz CT molecular complexity index is 1830. The number of ketones is 1. The van der Waals surface area contributed by atoms with Gasteiger partial charge < -0.3 is 4.90 Å². The van der Waals surface area contributed by atoms with Gasteiger partial charge in [0.15, 0.2) is 0 Å². The Balaban J connectivity index is 0.000000264. The summed E-state index contributed by atoms with van der Waals surface area (Å²) in [7, 11) is -4.82. The summed E-state index contributed by atoms with van der Waals surface area (Å²) in [5.74, 6) is 0.284. The first-order valence-corrected chi connectivity index (χ1v) is 18.8. The second kappa shape index (κ2) is 14.6. The van der Waals surface area contributed by atoms with Crippen molar-refractivity contribution in [2.45, 2.75) is 87.3 Å². The van der Waals surface area contributed by atoms with Gasteiger partial charge >= 0.3 is 0 Å². The van der Waals surface area contributed by atoms with Gasteiger partial charge in [-0.2, -0.15) is 16.8 Å². The number of nitrogens with zero attached hydrogens (tertiary/aromatic N) is 1. The van der Waals surface area contributed by atoms with Crippen molar-refractivity contribution in [3.8, 4) is 0 Å². The minimum Gasteiger partial charge on any atom is -0.309 e. The van der Waals surface area contributed by atoms with Gasteiger partial charge in [-0.05, 0) is 95.2 Å². The monoisotopic (exact) mass is 695 g/mol. The number of carbonyl (C=O) groups excluding carboxylic acids is 1. The first-order chi connectivity index (χ1) is 22.0. The molecule has 0 bridgehead atoms. The fraction of sp³-hybridized carbons (Fsp3) is 0.395. The minimum atomic E-state index is -4.46. The Morgan fingerprint density at radius 1 is 0.646 bits per heavy atom. The molecule has 0 aromatic heterocycles. The van der Waals surface area contributed by atoms with Crippen LogP contribution in [0.4, 0.5) is 0 Å². The van der Waals surface area contributed by atoms with Crippen LogP contribution in [0, 0.1) is 0 Å². The van der Waals surface area contributed by atoms with Crippen LogP contribution in [-0.4, -0.2) is 57.3 Å². The fourth-order valence-corrected chi connectivity index (χ4v) is 7.80. The average molecular weight is 696 g/mol. The molecule has 0 heterocycles. The zero-order valence-electron chi connectivity index (χ0n) is 29.4. The molecule has 0 saturated carbocycles. The Labute approximate surface area is 286 Å². The van der Waals surface area contributed by atoms with E-state index in [-0.39, 0.29) is 15.6 Å². The predicted octanol–water partition coefficient (Wildman–Crippen LogP) is 7.83. The van der Waals surface area contributed by atoms with Gasteiger partial charge in [-0.3, -0.25) is 13.9 Å². The maximum absolute atomic E-state index is 13.0. The first kappa shape index (κ1) is 39.0. The second-order valence-corrected chi connectivity index (χ2v) is 17.2. The molecule has 2 N–H and O–H groups in total. The molecule has 48 heavy (non-hydrogen) atoms. The van der Waals surface area contributed by atoms with Gasteiger partial charge in [0.2, 0.25) is 0 Å². The lowest BCUT2D eigenvalue weighted by Gasteiger charge is -2.34. The number of hydrogen-bond acceptors (Lipinski definition) is 6. The zero-order valence-corrected chi connectivity index (χ0v) is 31.0. The highest BCUT2D eigenvalue weighted by atomic mass is 32.2. The van der Waals surface area contributed by atoms with Crippen molar-refractivity contribution in [3.63, 3.8) is 0 Å². The third-order valence-electron chi connectivity index (χ3n) is 8.47. The summed E-state index contributed by atoms with van der Waals surface area (Å²) in [5.41, 5.74) is 1.13. The van der Waals surface area contributed by atoms with Gasteiger partial charge in [0.1, 0.15) is 5.78 Å². The second-order valence-electron chi connectivity index (χ2n) is 14.5. The molecular weight excluding hydrogens is 647 g/mol. The molecule has 0 aliphatic rings. The van der Waals surface area contributed by atoms with Crippen molar-refractivity contribution < 1.29 is 30.7 Å². The van der Waals surface area contributed by atoms with E-state index >= 15 is 0 Å². The highest BCUT2D eigenvalue weighted by molar-refractivity contribution is 7.86. The molecule has 0 unspecified atom stereocenters. The van der Waals surface area contributed by atoms with Gasteiger partial charge in [-0.25, -0.2) is 0 Å². The molecule has 10 heteroatoms. The number of hydrogen-bond donors (Lipinski definition) is 2. The molecule has 0 amide bonds. The largest absolute Gasteiger partial charge is 0.309 e. The van der Waals surface area contributed by atoms with E-state index in [4.69, 9.17) is 0 Å². The lowest BCUT2D eigenvalue weighted by Crippen LogP contribution is -2.39. The standard InChI is InChI=1S/C20H25NO.C18H24O6S2/c1-4-19(22)20(15-16-21(2)3,17-11-7-5-8-12-17)18-13-9-6-10-14-18;1-17(2,3)13-7-11-10-16(26(22,23)24)14(18(4,5)6)8-12(11)9-15(13)25(19,20)21/h5-14H,4,15-16H2,1-3H3;7-10H,1-6H3,(H,19,20,21)(H,22,23,24). The third-order valence-corrected chi connectivity index (χ3v) is 10.3. The maximum atomic E-state index is 13.0. The van der Waals surface area contributed by atoms with Crippen LogP contribution >= 0.6 is 0 Å². The van der Waals surface area contributed by atoms with Crippen molar-refractivity contribution in [2.24, 2.45) is 0 Å². The molecule has 4 rings (SSSR count). The van der Waals surface area contributed by atoms with Gasteiger partial charge in [-0.15, -0.1) is 0 Å². The Morgan fingerprint density at radius 3 is 1.27 bits per heavy atom. The fourth-order valence-electron chi connectivity index (χ4n) is 5.96. The molecular formula is C38H49NO7S2. The molecule has 260 valence electrons. The van der Waals surface area contributed by atoms with Crippen LogP contribution in [0.25, 0.3) is 10.8 Å². The van der Waals surface area contributed by atoms with Crippen molar-refractivity contribution >= 4 is 36.8 Å². The van der Waals surface area contributed by atoms with E-state index in [1.807, 2.05) is 43.3 Å². The van der Waals surface area contributed by atoms with Crippen molar-refractivity contribution in [1.29, 1.82) is 0 Å². The van der Waals surface area contributed by atoms with E-state index in [2.05, 4.69) is 43.3 Å². The number of carbonyl (C=O) groups is 1. The van der Waals surface area contributed by atoms with Gasteiger partial charge in [-0.1, -0.05) is 109 Å². The first-order valence-electron chi connectivity index (χ1n) is 15.9. The number of fused-ring (bicyclic) bond motifs is 1. The summed E-state index contributed by atoms with van der Waals surface area (Å²) in [6, 6.07) is 26.2. The van der Waals surface area contributed by atoms with Crippen molar-refractivity contribution in [3.05, 3.63) is 107 Å². The molecule has 0 radical (unpaired) electrons. The maximum Gasteiger partial charge on any atom is 0.294 e. The topological polar surface area (TPSA) is 129 Å². The number of Topliss-reactive ketones (excluding diaryl/α,β-unsaturated/α-hetero) is 1. The molecule has 0 aliphatic carbocycles. The normalized spacial score (nSPS) is 12.9. The Kier molecular flexibility index (Phi) is 11.9. The number of benzene rings is 4. The molecule has 0 spiro atoms. The van der Waals surface area contributed by atoms with Gasteiger partial charge in [0, 0.05) is 6.42 Å². The van der Waals surface area contributed by atoms with Crippen molar-refractivity contribution in [2.75, 3.05) is 20.6 Å². The summed E-state index contributed by atoms with van der Waals surface area (Å²) in [5, 5.41) is 0.922. The molecule has 0 fully saturated rings. The highest BCUT2D eigenvalue weighted by Gasteiger charge is 2.40.